The molecule has 134 valence electrons. The maximum absolute atomic E-state index is 12.7. The molecular formula is C20H21N3O3. The first-order chi connectivity index (χ1) is 12.6. The average molecular weight is 351 g/mol. The van der Waals surface area contributed by atoms with Crippen LogP contribution in [0.15, 0.2) is 42.6 Å². The van der Waals surface area contributed by atoms with Crippen molar-refractivity contribution in [2.24, 2.45) is 0 Å². The summed E-state index contributed by atoms with van der Waals surface area (Å²) in [7, 11) is 3.98. The molecule has 0 spiro atoms. The fourth-order valence-electron chi connectivity index (χ4n) is 2.95. The maximum atomic E-state index is 12.7. The van der Waals surface area contributed by atoms with Crippen LogP contribution in [0.1, 0.15) is 16.8 Å². The van der Waals surface area contributed by atoms with Crippen LogP contribution < -0.4 is 4.74 Å². The minimum atomic E-state index is -0.326. The molecule has 26 heavy (non-hydrogen) atoms. The third kappa shape index (κ3) is 3.63. The molecule has 6 heteroatoms. The van der Waals surface area contributed by atoms with Crippen LogP contribution >= 0.6 is 0 Å². The zero-order chi connectivity index (χ0) is 18.5. The van der Waals surface area contributed by atoms with Crippen LogP contribution in [0.2, 0.25) is 0 Å². The predicted molar refractivity (Wildman–Crippen MR) is 99.5 cm³/mol. The molecule has 2 aromatic heterocycles. The summed E-state index contributed by atoms with van der Waals surface area (Å²) in [6.45, 7) is 1.22. The molecule has 0 aliphatic heterocycles. The molecule has 0 N–H and O–H groups in total. The summed E-state index contributed by atoms with van der Waals surface area (Å²) < 4.78 is 12.8. The zero-order valence-corrected chi connectivity index (χ0v) is 14.9. The average Bonchev–Trinajstić information content (AvgIpc) is 2.97. The van der Waals surface area contributed by atoms with Crippen molar-refractivity contribution >= 4 is 22.4 Å². The normalized spacial score (nSPS) is 11.0. The van der Waals surface area contributed by atoms with E-state index in [9.17, 15) is 4.79 Å². The van der Waals surface area contributed by atoms with Crippen molar-refractivity contribution < 1.29 is 14.3 Å². The van der Waals surface area contributed by atoms with E-state index in [-0.39, 0.29) is 12.6 Å². The molecule has 0 radical (unpaired) electrons. The summed E-state index contributed by atoms with van der Waals surface area (Å²) in [5.41, 5.74) is 2.20. The van der Waals surface area contributed by atoms with Crippen LogP contribution in [0.4, 0.5) is 0 Å². The summed E-state index contributed by atoms with van der Waals surface area (Å²) >= 11 is 0. The Labute approximate surface area is 152 Å². The van der Waals surface area contributed by atoms with E-state index in [2.05, 4.69) is 4.90 Å². The first-order valence-electron chi connectivity index (χ1n) is 8.46. The van der Waals surface area contributed by atoms with Gasteiger partial charge in [0.1, 0.15) is 11.8 Å². The SMILES string of the molecule is CN(C)CCCOC(=O)c1c2ccccc2n2cc(OCC#N)ccc12. The number of carbonyl (C=O) groups is 1. The van der Waals surface area contributed by atoms with E-state index in [0.717, 1.165) is 29.4 Å². The molecule has 0 saturated heterocycles. The number of nitrogens with zero attached hydrogens (tertiary/aromatic N) is 3. The molecule has 0 amide bonds. The van der Waals surface area contributed by atoms with Gasteiger partial charge in [-0.05, 0) is 38.7 Å². The lowest BCUT2D eigenvalue weighted by Gasteiger charge is -2.09. The van der Waals surface area contributed by atoms with E-state index in [4.69, 9.17) is 14.7 Å². The molecule has 1 aromatic carbocycles. The molecule has 0 atom stereocenters. The quantitative estimate of drug-likeness (QED) is 0.483. The number of ether oxygens (including phenoxy) is 2. The van der Waals surface area contributed by atoms with Crippen molar-refractivity contribution in [1.82, 2.24) is 9.30 Å². The van der Waals surface area contributed by atoms with Crippen LogP contribution in [0.3, 0.4) is 0 Å². The van der Waals surface area contributed by atoms with Gasteiger partial charge in [-0.15, -0.1) is 0 Å². The van der Waals surface area contributed by atoms with E-state index in [1.165, 1.54) is 0 Å². The smallest absolute Gasteiger partial charge is 0.340 e. The highest BCUT2D eigenvalue weighted by Gasteiger charge is 2.19. The summed E-state index contributed by atoms with van der Waals surface area (Å²) in [5, 5.41) is 9.52. The molecule has 0 fully saturated rings. The van der Waals surface area contributed by atoms with Crippen LogP contribution in [0, 0.1) is 11.3 Å². The van der Waals surface area contributed by atoms with Gasteiger partial charge in [0.15, 0.2) is 6.61 Å². The molecular weight excluding hydrogens is 330 g/mol. The van der Waals surface area contributed by atoms with Crippen molar-refractivity contribution in [3.8, 4) is 11.8 Å². The van der Waals surface area contributed by atoms with E-state index in [1.807, 2.05) is 54.9 Å². The number of fused-ring (bicyclic) bond motifs is 3. The topological polar surface area (TPSA) is 67.0 Å². The van der Waals surface area contributed by atoms with E-state index in [1.54, 1.807) is 12.3 Å². The monoisotopic (exact) mass is 351 g/mol. The molecule has 0 saturated carbocycles. The predicted octanol–water partition coefficient (Wildman–Crippen LogP) is 3.10. The third-order valence-electron chi connectivity index (χ3n) is 4.10. The van der Waals surface area contributed by atoms with Crippen molar-refractivity contribution in [1.29, 1.82) is 5.26 Å². The summed E-state index contributed by atoms with van der Waals surface area (Å²) in [5.74, 6) is 0.249. The summed E-state index contributed by atoms with van der Waals surface area (Å²) in [6, 6.07) is 13.2. The van der Waals surface area contributed by atoms with Crippen LogP contribution in [0.5, 0.6) is 5.75 Å². The molecule has 0 aliphatic rings. The van der Waals surface area contributed by atoms with Crippen molar-refractivity contribution in [2.75, 3.05) is 33.9 Å². The Kier molecular flexibility index (Phi) is 5.40. The number of carbonyl (C=O) groups excluding carboxylic acids is 1. The van der Waals surface area contributed by atoms with Gasteiger partial charge in [0.25, 0.3) is 0 Å². The van der Waals surface area contributed by atoms with Crippen molar-refractivity contribution in [2.45, 2.75) is 6.42 Å². The van der Waals surface area contributed by atoms with Gasteiger partial charge in [0, 0.05) is 11.9 Å². The number of hydrogen-bond acceptors (Lipinski definition) is 5. The number of pyridine rings is 1. The number of para-hydroxylation sites is 1. The second-order valence-electron chi connectivity index (χ2n) is 6.25. The number of rotatable bonds is 7. The van der Waals surface area contributed by atoms with Crippen molar-refractivity contribution in [3.05, 3.63) is 48.2 Å². The van der Waals surface area contributed by atoms with Crippen LogP contribution in [0.25, 0.3) is 16.4 Å². The molecule has 2 heterocycles. The third-order valence-corrected chi connectivity index (χ3v) is 4.10. The van der Waals surface area contributed by atoms with Gasteiger partial charge < -0.3 is 18.8 Å². The van der Waals surface area contributed by atoms with Gasteiger partial charge >= 0.3 is 5.97 Å². The van der Waals surface area contributed by atoms with Gasteiger partial charge in [-0.1, -0.05) is 18.2 Å². The van der Waals surface area contributed by atoms with Gasteiger partial charge in [0.05, 0.1) is 29.4 Å². The lowest BCUT2D eigenvalue weighted by molar-refractivity contribution is 0.0498. The zero-order valence-electron chi connectivity index (χ0n) is 14.9. The van der Waals surface area contributed by atoms with Crippen LogP contribution in [-0.2, 0) is 4.74 Å². The standard InChI is InChI=1S/C20H21N3O3/c1-22(2)11-5-12-26-20(24)19-16-6-3-4-7-17(16)23-14-15(25-13-10-21)8-9-18(19)23/h3-4,6-9,14H,5,11-13H2,1-2H3. The van der Waals surface area contributed by atoms with Crippen LogP contribution in [-0.4, -0.2) is 49.1 Å². The Morgan fingerprint density at radius 3 is 2.77 bits per heavy atom. The summed E-state index contributed by atoms with van der Waals surface area (Å²) in [4.78, 5) is 14.8. The minimum absolute atomic E-state index is 0.0223. The second kappa shape index (κ2) is 7.89. The fourth-order valence-corrected chi connectivity index (χ4v) is 2.95. The highest BCUT2D eigenvalue weighted by Crippen LogP contribution is 2.29. The van der Waals surface area contributed by atoms with Gasteiger partial charge in [0.2, 0.25) is 0 Å². The van der Waals surface area contributed by atoms with E-state index in [0.29, 0.717) is 17.9 Å². The fraction of sp³-hybridized carbons (Fsp3) is 0.300. The highest BCUT2D eigenvalue weighted by atomic mass is 16.5. The van der Waals surface area contributed by atoms with Gasteiger partial charge in [-0.3, -0.25) is 0 Å². The first kappa shape index (κ1) is 17.8. The Balaban J connectivity index is 1.95. The number of esters is 1. The summed E-state index contributed by atoms with van der Waals surface area (Å²) in [6.07, 6.45) is 2.58. The Bertz CT molecular complexity index is 969. The molecule has 3 rings (SSSR count). The Morgan fingerprint density at radius 2 is 2.00 bits per heavy atom. The molecule has 6 nitrogen and oxygen atoms in total. The Morgan fingerprint density at radius 1 is 1.19 bits per heavy atom. The van der Waals surface area contributed by atoms with Gasteiger partial charge in [-0.2, -0.15) is 5.26 Å². The minimum Gasteiger partial charge on any atom is -0.477 e. The first-order valence-corrected chi connectivity index (χ1v) is 8.46. The Hall–Kier alpha value is -3.04. The van der Waals surface area contributed by atoms with Gasteiger partial charge in [-0.25, -0.2) is 4.79 Å². The maximum Gasteiger partial charge on any atom is 0.340 e. The van der Waals surface area contributed by atoms with Crippen molar-refractivity contribution in [3.63, 3.8) is 0 Å². The molecule has 0 bridgehead atoms. The number of hydrogen-bond donors (Lipinski definition) is 0. The highest BCUT2D eigenvalue weighted by molar-refractivity contribution is 6.11. The largest absolute Gasteiger partial charge is 0.477 e. The number of aromatic nitrogens is 1. The van der Waals surface area contributed by atoms with E-state index < -0.39 is 0 Å². The molecule has 3 aromatic rings. The second-order valence-corrected chi connectivity index (χ2v) is 6.25. The number of nitriles is 1. The van der Waals surface area contributed by atoms with E-state index >= 15 is 0 Å². The molecule has 0 aliphatic carbocycles. The molecule has 0 unspecified atom stereocenters. The number of benzene rings is 1. The lowest BCUT2D eigenvalue weighted by Crippen LogP contribution is -2.16. The lowest BCUT2D eigenvalue weighted by atomic mass is 10.1.